The van der Waals surface area contributed by atoms with Crippen molar-refractivity contribution in [1.82, 2.24) is 0 Å². The van der Waals surface area contributed by atoms with Crippen LogP contribution in [0.25, 0.3) is 0 Å². The standard InChI is InChI=1S/C22H24O6S/c1-4-27-20(23)22(21(24)28-5-2)18(16-9-7-6-8-10-16)19(22)29(25,26)17-13-11-15(3)12-14-17/h6-14,18-19H,4-5H2,1-3H3/t18-,19+/m0/s1. The number of rotatable bonds is 7. The van der Waals surface area contributed by atoms with Gasteiger partial charge >= 0.3 is 11.9 Å². The molecule has 2 atom stereocenters. The molecule has 0 radical (unpaired) electrons. The van der Waals surface area contributed by atoms with Crippen LogP contribution in [0.4, 0.5) is 0 Å². The highest BCUT2D eigenvalue weighted by molar-refractivity contribution is 7.92. The first-order valence-electron chi connectivity index (χ1n) is 9.51. The molecule has 0 aromatic heterocycles. The minimum atomic E-state index is -4.02. The van der Waals surface area contributed by atoms with E-state index < -0.39 is 38.4 Å². The van der Waals surface area contributed by atoms with E-state index in [-0.39, 0.29) is 18.1 Å². The van der Waals surface area contributed by atoms with Crippen LogP contribution in [0.5, 0.6) is 0 Å². The van der Waals surface area contributed by atoms with E-state index >= 15 is 0 Å². The van der Waals surface area contributed by atoms with Gasteiger partial charge in [0.05, 0.1) is 18.1 Å². The zero-order valence-corrected chi connectivity index (χ0v) is 17.4. The summed E-state index contributed by atoms with van der Waals surface area (Å²) < 4.78 is 37.3. The van der Waals surface area contributed by atoms with Gasteiger partial charge in [0.15, 0.2) is 15.3 Å². The Kier molecular flexibility index (Phi) is 5.80. The zero-order valence-electron chi connectivity index (χ0n) is 16.6. The van der Waals surface area contributed by atoms with E-state index in [0.717, 1.165) is 5.56 Å². The van der Waals surface area contributed by atoms with Crippen LogP contribution < -0.4 is 0 Å². The fourth-order valence-electron chi connectivity index (χ4n) is 3.82. The largest absolute Gasteiger partial charge is 0.465 e. The molecule has 0 unspecified atom stereocenters. The van der Waals surface area contributed by atoms with E-state index in [9.17, 15) is 18.0 Å². The fraction of sp³-hybridized carbons (Fsp3) is 0.364. The van der Waals surface area contributed by atoms with Gasteiger partial charge in [0.25, 0.3) is 0 Å². The first kappa shape index (κ1) is 21.0. The Morgan fingerprint density at radius 1 is 0.897 bits per heavy atom. The lowest BCUT2D eigenvalue weighted by Crippen LogP contribution is -2.35. The Labute approximate surface area is 170 Å². The maximum absolute atomic E-state index is 13.5. The second-order valence-corrected chi connectivity index (χ2v) is 9.05. The molecule has 2 aromatic rings. The second-order valence-electron chi connectivity index (χ2n) is 6.98. The van der Waals surface area contributed by atoms with Crippen LogP contribution >= 0.6 is 0 Å². The number of esters is 2. The lowest BCUT2D eigenvalue weighted by molar-refractivity contribution is -0.164. The number of carbonyl (C=O) groups is 2. The number of sulfone groups is 1. The molecule has 3 rings (SSSR count). The Hall–Kier alpha value is -2.67. The van der Waals surface area contributed by atoms with Gasteiger partial charge in [-0.25, -0.2) is 8.42 Å². The van der Waals surface area contributed by atoms with E-state index in [2.05, 4.69) is 0 Å². The Morgan fingerprint density at radius 3 is 1.90 bits per heavy atom. The molecule has 0 amide bonds. The molecule has 0 bridgehead atoms. The molecule has 154 valence electrons. The topological polar surface area (TPSA) is 86.7 Å². The van der Waals surface area contributed by atoms with Crippen molar-refractivity contribution < 1.29 is 27.5 Å². The average Bonchev–Trinajstić information content (AvgIpc) is 3.42. The maximum atomic E-state index is 13.5. The number of hydrogen-bond donors (Lipinski definition) is 0. The smallest absolute Gasteiger partial charge is 0.325 e. The summed E-state index contributed by atoms with van der Waals surface area (Å²) >= 11 is 0. The summed E-state index contributed by atoms with van der Waals surface area (Å²) in [5, 5.41) is -1.29. The lowest BCUT2D eigenvalue weighted by atomic mass is 9.99. The SMILES string of the molecule is CCOC(=O)C1(C(=O)OCC)[C@H](S(=O)(=O)c2ccc(C)cc2)[C@@H]1c1ccccc1. The molecule has 0 heterocycles. The van der Waals surface area contributed by atoms with Crippen LogP contribution in [0, 0.1) is 12.3 Å². The van der Waals surface area contributed by atoms with Gasteiger partial charge in [0.2, 0.25) is 0 Å². The van der Waals surface area contributed by atoms with Crippen molar-refractivity contribution in [2.24, 2.45) is 5.41 Å². The van der Waals surface area contributed by atoms with Gasteiger partial charge in [-0.3, -0.25) is 9.59 Å². The third kappa shape index (κ3) is 3.44. The van der Waals surface area contributed by atoms with E-state index in [1.807, 2.05) is 6.92 Å². The quantitative estimate of drug-likeness (QED) is 0.509. The number of carbonyl (C=O) groups excluding carboxylic acids is 2. The van der Waals surface area contributed by atoms with Crippen LogP contribution in [-0.2, 0) is 28.9 Å². The highest BCUT2D eigenvalue weighted by atomic mass is 32.2. The molecule has 1 saturated carbocycles. The van der Waals surface area contributed by atoms with Crippen molar-refractivity contribution in [3.8, 4) is 0 Å². The van der Waals surface area contributed by atoms with Gasteiger partial charge in [-0.05, 0) is 38.5 Å². The zero-order chi connectivity index (χ0) is 21.2. The van der Waals surface area contributed by atoms with Gasteiger partial charge in [-0.2, -0.15) is 0 Å². The fourth-order valence-corrected chi connectivity index (χ4v) is 6.11. The molecule has 0 saturated heterocycles. The van der Waals surface area contributed by atoms with Crippen molar-refractivity contribution in [1.29, 1.82) is 0 Å². The average molecular weight is 416 g/mol. The molecular weight excluding hydrogens is 392 g/mol. The third-order valence-electron chi connectivity index (χ3n) is 5.20. The number of aryl methyl sites for hydroxylation is 1. The summed E-state index contributed by atoms with van der Waals surface area (Å²) in [4.78, 5) is 26.0. The minimum absolute atomic E-state index is 0.0266. The van der Waals surface area contributed by atoms with Gasteiger partial charge in [-0.15, -0.1) is 0 Å². The lowest BCUT2D eigenvalue weighted by Gasteiger charge is -2.15. The van der Waals surface area contributed by atoms with Crippen LogP contribution in [0.2, 0.25) is 0 Å². The van der Waals surface area contributed by atoms with E-state index in [1.54, 1.807) is 56.3 Å². The molecule has 29 heavy (non-hydrogen) atoms. The summed E-state index contributed by atoms with van der Waals surface area (Å²) in [7, 11) is -4.02. The van der Waals surface area contributed by atoms with Crippen LogP contribution in [0.15, 0.2) is 59.5 Å². The Bertz CT molecular complexity index is 977. The summed E-state index contributed by atoms with van der Waals surface area (Å²) in [5.74, 6) is -2.62. The monoisotopic (exact) mass is 416 g/mol. The van der Waals surface area contributed by atoms with Crippen molar-refractivity contribution in [2.75, 3.05) is 13.2 Å². The molecule has 1 aliphatic carbocycles. The Balaban J connectivity index is 2.18. The van der Waals surface area contributed by atoms with Crippen LogP contribution in [-0.4, -0.2) is 38.8 Å². The molecule has 7 heteroatoms. The van der Waals surface area contributed by atoms with Gasteiger partial charge in [-0.1, -0.05) is 48.0 Å². The summed E-state index contributed by atoms with van der Waals surface area (Å²) in [5.41, 5.74) is -0.437. The predicted molar refractivity (Wildman–Crippen MR) is 107 cm³/mol. The first-order valence-corrected chi connectivity index (χ1v) is 11.1. The number of benzene rings is 2. The van der Waals surface area contributed by atoms with Gasteiger partial charge in [0.1, 0.15) is 5.25 Å². The summed E-state index contributed by atoms with van der Waals surface area (Å²) in [6.45, 7) is 5.12. The molecular formula is C22H24O6S. The molecule has 0 spiro atoms. The number of ether oxygens (including phenoxy) is 2. The second kappa shape index (κ2) is 7.99. The molecule has 2 aromatic carbocycles. The molecule has 1 aliphatic rings. The minimum Gasteiger partial charge on any atom is -0.465 e. The molecule has 0 N–H and O–H groups in total. The predicted octanol–water partition coefficient (Wildman–Crippen LogP) is 3.05. The van der Waals surface area contributed by atoms with E-state index in [1.165, 1.54) is 12.1 Å². The van der Waals surface area contributed by atoms with Crippen LogP contribution in [0.3, 0.4) is 0 Å². The molecule has 1 fully saturated rings. The highest BCUT2D eigenvalue weighted by Crippen LogP contribution is 2.65. The van der Waals surface area contributed by atoms with Crippen molar-refractivity contribution >= 4 is 21.8 Å². The normalized spacial score (nSPS) is 20.0. The number of hydrogen-bond acceptors (Lipinski definition) is 6. The maximum Gasteiger partial charge on any atom is 0.325 e. The van der Waals surface area contributed by atoms with Gasteiger partial charge in [0, 0.05) is 5.92 Å². The first-order chi connectivity index (χ1) is 13.8. The van der Waals surface area contributed by atoms with Crippen LogP contribution in [0.1, 0.15) is 30.9 Å². The highest BCUT2D eigenvalue weighted by Gasteiger charge is 2.81. The van der Waals surface area contributed by atoms with Crippen molar-refractivity contribution in [3.63, 3.8) is 0 Å². The summed E-state index contributed by atoms with van der Waals surface area (Å²) in [6.07, 6.45) is 0. The summed E-state index contributed by atoms with van der Waals surface area (Å²) in [6, 6.07) is 15.0. The van der Waals surface area contributed by atoms with E-state index in [0.29, 0.717) is 5.56 Å². The Morgan fingerprint density at radius 2 is 1.41 bits per heavy atom. The molecule has 0 aliphatic heterocycles. The van der Waals surface area contributed by atoms with E-state index in [4.69, 9.17) is 9.47 Å². The van der Waals surface area contributed by atoms with Crippen molar-refractivity contribution in [3.05, 3.63) is 65.7 Å². The van der Waals surface area contributed by atoms with Crippen molar-refractivity contribution in [2.45, 2.75) is 36.8 Å². The third-order valence-corrected chi connectivity index (χ3v) is 7.44. The molecule has 6 nitrogen and oxygen atoms in total. The van der Waals surface area contributed by atoms with Gasteiger partial charge < -0.3 is 9.47 Å².